The lowest BCUT2D eigenvalue weighted by molar-refractivity contribution is -0.0759. The zero-order valence-corrected chi connectivity index (χ0v) is 14.2. The SMILES string of the molecule is C#CCn1c(=O)n([C@@H]2O[C@H](C(O)CC)C[C@H]2O)c2nc(N)nc(Cl)c21. The van der Waals surface area contributed by atoms with Crippen LogP contribution >= 0.6 is 11.6 Å². The van der Waals surface area contributed by atoms with Gasteiger partial charge in [0.15, 0.2) is 17.0 Å². The smallest absolute Gasteiger partial charge is 0.333 e. The minimum absolute atomic E-state index is 0.0220. The van der Waals surface area contributed by atoms with Crippen LogP contribution in [0.4, 0.5) is 5.95 Å². The predicted molar refractivity (Wildman–Crippen MR) is 90.9 cm³/mol. The van der Waals surface area contributed by atoms with Crippen molar-refractivity contribution in [3.05, 3.63) is 15.6 Å². The van der Waals surface area contributed by atoms with Crippen LogP contribution in [0.3, 0.4) is 0 Å². The van der Waals surface area contributed by atoms with Crippen molar-refractivity contribution >= 4 is 28.7 Å². The average Bonchev–Trinajstić information content (AvgIpc) is 3.05. The standard InChI is InChI=1S/C15H18ClN5O4/c1-3-5-20-10-11(16)18-14(17)19-12(10)21(15(20)24)13-8(23)6-9(25-13)7(22)4-2/h1,7-9,13,22-23H,4-6H2,2H3,(H2,17,18,19)/t7?,8-,9+,13-/m1/s1. The normalized spacial score (nSPS) is 24.5. The fraction of sp³-hybridized carbons (Fsp3) is 0.533. The van der Waals surface area contributed by atoms with E-state index < -0.39 is 30.2 Å². The number of ether oxygens (including phenoxy) is 1. The topological polar surface area (TPSA) is 128 Å². The van der Waals surface area contributed by atoms with Crippen LogP contribution in [-0.4, -0.2) is 47.6 Å². The van der Waals surface area contributed by atoms with E-state index in [9.17, 15) is 15.0 Å². The summed E-state index contributed by atoms with van der Waals surface area (Å²) in [6, 6.07) is 0. The molecule has 25 heavy (non-hydrogen) atoms. The number of nitrogens with two attached hydrogens (primary N) is 1. The summed E-state index contributed by atoms with van der Waals surface area (Å²) in [5, 5.41) is 20.3. The molecule has 9 nitrogen and oxygen atoms in total. The molecule has 1 unspecified atom stereocenters. The summed E-state index contributed by atoms with van der Waals surface area (Å²) < 4.78 is 8.10. The summed E-state index contributed by atoms with van der Waals surface area (Å²) in [5.41, 5.74) is 5.43. The number of hydrogen-bond donors (Lipinski definition) is 3. The molecule has 0 amide bonds. The maximum Gasteiger partial charge on any atom is 0.333 e. The molecule has 0 bridgehead atoms. The number of aliphatic hydroxyl groups is 2. The highest BCUT2D eigenvalue weighted by Crippen LogP contribution is 2.33. The molecule has 1 fully saturated rings. The number of nitrogens with zero attached hydrogens (tertiary/aromatic N) is 4. The van der Waals surface area contributed by atoms with E-state index in [4.69, 9.17) is 28.5 Å². The van der Waals surface area contributed by atoms with Gasteiger partial charge in [-0.05, 0) is 6.42 Å². The first-order chi connectivity index (χ1) is 11.9. The van der Waals surface area contributed by atoms with Crippen molar-refractivity contribution in [2.45, 2.75) is 50.8 Å². The summed E-state index contributed by atoms with van der Waals surface area (Å²) >= 11 is 6.12. The lowest BCUT2D eigenvalue weighted by atomic mass is 10.1. The largest absolute Gasteiger partial charge is 0.390 e. The van der Waals surface area contributed by atoms with Gasteiger partial charge in [-0.15, -0.1) is 6.42 Å². The van der Waals surface area contributed by atoms with Crippen molar-refractivity contribution in [1.82, 2.24) is 19.1 Å². The number of hydrogen-bond acceptors (Lipinski definition) is 7. The molecule has 3 rings (SSSR count). The Balaban J connectivity index is 2.18. The first-order valence-electron chi connectivity index (χ1n) is 7.77. The second-order valence-corrected chi connectivity index (χ2v) is 6.19. The number of imidazole rings is 1. The quantitative estimate of drug-likeness (QED) is 0.507. The lowest BCUT2D eigenvalue weighted by Crippen LogP contribution is -2.32. The van der Waals surface area contributed by atoms with Crippen molar-refractivity contribution in [3.63, 3.8) is 0 Å². The maximum absolute atomic E-state index is 12.8. The first-order valence-corrected chi connectivity index (χ1v) is 8.15. The molecule has 0 aliphatic carbocycles. The molecule has 10 heteroatoms. The lowest BCUT2D eigenvalue weighted by Gasteiger charge is -2.18. The molecule has 0 saturated carbocycles. The van der Waals surface area contributed by atoms with Crippen molar-refractivity contribution in [1.29, 1.82) is 0 Å². The average molecular weight is 368 g/mol. The molecule has 3 heterocycles. The van der Waals surface area contributed by atoms with Gasteiger partial charge in [-0.2, -0.15) is 9.97 Å². The highest BCUT2D eigenvalue weighted by molar-refractivity contribution is 6.33. The Kier molecular flexibility index (Phi) is 4.71. The molecule has 0 radical (unpaired) electrons. The number of aromatic nitrogens is 4. The molecular weight excluding hydrogens is 350 g/mol. The van der Waals surface area contributed by atoms with Crippen molar-refractivity contribution in [2.24, 2.45) is 0 Å². The highest BCUT2D eigenvalue weighted by Gasteiger charge is 2.40. The molecule has 4 N–H and O–H groups in total. The van der Waals surface area contributed by atoms with E-state index in [1.165, 1.54) is 4.57 Å². The number of anilines is 1. The highest BCUT2D eigenvalue weighted by atomic mass is 35.5. The van der Waals surface area contributed by atoms with Crippen LogP contribution < -0.4 is 11.4 Å². The Morgan fingerprint density at radius 2 is 2.28 bits per heavy atom. The van der Waals surface area contributed by atoms with Gasteiger partial charge in [0.05, 0.1) is 18.8 Å². The monoisotopic (exact) mass is 367 g/mol. The van der Waals surface area contributed by atoms with Gasteiger partial charge in [-0.3, -0.25) is 4.57 Å². The number of fused-ring (bicyclic) bond motifs is 1. The Morgan fingerprint density at radius 1 is 1.56 bits per heavy atom. The summed E-state index contributed by atoms with van der Waals surface area (Å²) in [6.45, 7) is 1.74. The van der Waals surface area contributed by atoms with Gasteiger partial charge in [-0.25, -0.2) is 9.36 Å². The molecule has 134 valence electrons. The number of nitrogen functional groups attached to an aromatic ring is 1. The Morgan fingerprint density at radius 3 is 2.92 bits per heavy atom. The molecule has 0 aromatic carbocycles. The number of terminal acetylenes is 1. The van der Waals surface area contributed by atoms with Crippen molar-refractivity contribution in [2.75, 3.05) is 5.73 Å². The van der Waals surface area contributed by atoms with Crippen LogP contribution in [0, 0.1) is 12.3 Å². The van der Waals surface area contributed by atoms with E-state index >= 15 is 0 Å². The third kappa shape index (κ3) is 2.87. The maximum atomic E-state index is 12.8. The van der Waals surface area contributed by atoms with E-state index in [1.807, 2.05) is 0 Å². The summed E-state index contributed by atoms with van der Waals surface area (Å²) in [6.07, 6.45) is 2.57. The van der Waals surface area contributed by atoms with Crippen molar-refractivity contribution in [3.8, 4) is 12.3 Å². The molecular formula is C15H18ClN5O4. The third-order valence-electron chi connectivity index (χ3n) is 4.24. The molecule has 2 aromatic heterocycles. The van der Waals surface area contributed by atoms with Crippen molar-refractivity contribution < 1.29 is 14.9 Å². The van der Waals surface area contributed by atoms with Crippen LogP contribution in [0.2, 0.25) is 5.15 Å². The van der Waals surface area contributed by atoms with Crippen LogP contribution in [0.5, 0.6) is 0 Å². The van der Waals surface area contributed by atoms with E-state index in [2.05, 4.69) is 15.9 Å². The predicted octanol–water partition coefficient (Wildman–Crippen LogP) is -0.119. The van der Waals surface area contributed by atoms with Gasteiger partial charge in [0.1, 0.15) is 11.6 Å². The van der Waals surface area contributed by atoms with E-state index in [0.717, 1.165) is 4.57 Å². The van der Waals surface area contributed by atoms with E-state index in [0.29, 0.717) is 6.42 Å². The minimum Gasteiger partial charge on any atom is -0.390 e. The van der Waals surface area contributed by atoms with Gasteiger partial charge in [0.25, 0.3) is 0 Å². The number of halogens is 1. The second-order valence-electron chi connectivity index (χ2n) is 5.83. The van der Waals surface area contributed by atoms with Crippen LogP contribution in [0.1, 0.15) is 26.0 Å². The Bertz CT molecular complexity index is 902. The third-order valence-corrected chi connectivity index (χ3v) is 4.51. The second kappa shape index (κ2) is 6.65. The molecule has 4 atom stereocenters. The summed E-state index contributed by atoms with van der Waals surface area (Å²) in [5.74, 6) is 2.25. The van der Waals surface area contributed by atoms with E-state index in [1.54, 1.807) is 6.92 Å². The van der Waals surface area contributed by atoms with Gasteiger partial charge >= 0.3 is 5.69 Å². The molecule has 0 spiro atoms. The molecule has 1 aliphatic heterocycles. The Hall–Kier alpha value is -2.12. The van der Waals surface area contributed by atoms with Gasteiger partial charge in [0, 0.05) is 6.42 Å². The molecule has 1 saturated heterocycles. The molecule has 1 aliphatic rings. The zero-order chi connectivity index (χ0) is 18.3. The van der Waals surface area contributed by atoms with Gasteiger partial charge in [-0.1, -0.05) is 24.4 Å². The zero-order valence-electron chi connectivity index (χ0n) is 13.5. The Labute approximate surface area is 148 Å². The van der Waals surface area contributed by atoms with Gasteiger partial charge < -0.3 is 20.7 Å². The summed E-state index contributed by atoms with van der Waals surface area (Å²) in [4.78, 5) is 20.7. The van der Waals surface area contributed by atoms with Crippen LogP contribution in [-0.2, 0) is 11.3 Å². The fourth-order valence-electron chi connectivity index (χ4n) is 3.04. The number of rotatable bonds is 4. The van der Waals surface area contributed by atoms with E-state index in [-0.39, 0.29) is 35.2 Å². The minimum atomic E-state index is -1.04. The van der Waals surface area contributed by atoms with Crippen LogP contribution in [0.15, 0.2) is 4.79 Å². The first kappa shape index (κ1) is 17.7. The molecule has 2 aromatic rings. The van der Waals surface area contributed by atoms with Crippen LogP contribution in [0.25, 0.3) is 11.2 Å². The summed E-state index contributed by atoms with van der Waals surface area (Å²) in [7, 11) is 0. The number of aliphatic hydroxyl groups excluding tert-OH is 2. The fourth-order valence-corrected chi connectivity index (χ4v) is 3.31. The van der Waals surface area contributed by atoms with Gasteiger partial charge in [0.2, 0.25) is 5.95 Å².